The van der Waals surface area contributed by atoms with Gasteiger partial charge in [-0.1, -0.05) is 12.1 Å². The minimum absolute atomic E-state index is 0.323. The van der Waals surface area contributed by atoms with Gasteiger partial charge < -0.3 is 20.0 Å². The van der Waals surface area contributed by atoms with Crippen LogP contribution >= 0.6 is 0 Å². The highest BCUT2D eigenvalue weighted by Crippen LogP contribution is 2.29. The molecule has 0 aromatic heterocycles. The fourth-order valence-corrected chi connectivity index (χ4v) is 2.05. The van der Waals surface area contributed by atoms with Gasteiger partial charge in [0.1, 0.15) is 5.75 Å². The van der Waals surface area contributed by atoms with Gasteiger partial charge in [-0.3, -0.25) is 4.79 Å². The van der Waals surface area contributed by atoms with Crippen molar-refractivity contribution >= 4 is 11.9 Å². The molecule has 2 atom stereocenters. The van der Waals surface area contributed by atoms with E-state index in [-0.39, 0.29) is 5.92 Å². The fourth-order valence-electron chi connectivity index (χ4n) is 2.05. The number of benzene rings is 1. The van der Waals surface area contributed by atoms with Gasteiger partial charge in [0.25, 0.3) is 0 Å². The van der Waals surface area contributed by atoms with Gasteiger partial charge >= 0.3 is 0 Å². The lowest BCUT2D eigenvalue weighted by molar-refractivity contribution is -0.310. The normalized spacial score (nSPS) is 23.2. The second-order valence-corrected chi connectivity index (χ2v) is 3.92. The smallest absolute Gasteiger partial charge is 0.229 e. The number of rotatable bonds is 3. The van der Waals surface area contributed by atoms with Crippen LogP contribution in [0.5, 0.6) is 5.75 Å². The van der Waals surface area contributed by atoms with Crippen LogP contribution in [0.2, 0.25) is 0 Å². The van der Waals surface area contributed by atoms with E-state index in [9.17, 15) is 14.7 Å². The molecule has 2 rings (SSSR count). The molecule has 0 unspecified atom stereocenters. The van der Waals surface area contributed by atoms with Crippen molar-refractivity contribution in [3.8, 4) is 5.75 Å². The van der Waals surface area contributed by atoms with Crippen LogP contribution in [0.1, 0.15) is 11.5 Å². The Bertz CT molecular complexity index is 440. The highest BCUT2D eigenvalue weighted by atomic mass is 16.5. The average molecular weight is 234 g/mol. The van der Waals surface area contributed by atoms with Crippen LogP contribution < -0.4 is 15.2 Å². The van der Waals surface area contributed by atoms with Crippen LogP contribution in [0, 0.1) is 5.92 Å². The average Bonchev–Trinajstić information content (AvgIpc) is 2.71. The maximum atomic E-state index is 11.4. The first-order chi connectivity index (χ1) is 8.13. The summed E-state index contributed by atoms with van der Waals surface area (Å²) >= 11 is 0. The number of carboxylic acids is 1. The second-order valence-electron chi connectivity index (χ2n) is 3.92. The zero-order chi connectivity index (χ0) is 12.4. The molecular weight excluding hydrogens is 222 g/mol. The zero-order valence-electron chi connectivity index (χ0n) is 9.30. The summed E-state index contributed by atoms with van der Waals surface area (Å²) in [7, 11) is 1.56. The van der Waals surface area contributed by atoms with E-state index >= 15 is 0 Å². The molecule has 1 fully saturated rings. The molecule has 1 N–H and O–H groups in total. The van der Waals surface area contributed by atoms with Crippen LogP contribution in [-0.4, -0.2) is 25.5 Å². The van der Waals surface area contributed by atoms with Gasteiger partial charge in [-0.2, -0.15) is 0 Å². The number of carbonyl (C=O) groups is 2. The summed E-state index contributed by atoms with van der Waals surface area (Å²) in [5.41, 5.74) is 0.790. The molecule has 17 heavy (non-hydrogen) atoms. The van der Waals surface area contributed by atoms with Crippen LogP contribution in [0.4, 0.5) is 0 Å². The summed E-state index contributed by atoms with van der Waals surface area (Å²) in [5, 5.41) is 13.5. The van der Waals surface area contributed by atoms with E-state index in [0.29, 0.717) is 12.3 Å². The topological polar surface area (TPSA) is 78.5 Å². The third kappa shape index (κ3) is 2.08. The Labute approximate surface area is 98.4 Å². The maximum absolute atomic E-state index is 11.4. The summed E-state index contributed by atoms with van der Waals surface area (Å²) in [6, 6.07) is 7.01. The fraction of sp³-hybridized carbons (Fsp3) is 0.333. The molecule has 1 aromatic rings. The molecule has 0 saturated carbocycles. The molecule has 1 aliphatic heterocycles. The van der Waals surface area contributed by atoms with Crippen molar-refractivity contribution in [2.75, 3.05) is 13.7 Å². The minimum Gasteiger partial charge on any atom is -0.549 e. The molecule has 0 radical (unpaired) electrons. The number of amides is 1. The van der Waals surface area contributed by atoms with Crippen molar-refractivity contribution in [1.82, 2.24) is 5.32 Å². The number of carboxylic acid groups (broad SMARTS) is 1. The Morgan fingerprint density at radius 3 is 2.59 bits per heavy atom. The molecule has 1 aromatic carbocycles. The number of hydrogen-bond donors (Lipinski definition) is 1. The molecule has 5 heteroatoms. The Kier molecular flexibility index (Phi) is 2.99. The maximum Gasteiger partial charge on any atom is 0.229 e. The molecule has 90 valence electrons. The minimum atomic E-state index is -1.33. The Morgan fingerprint density at radius 2 is 2.06 bits per heavy atom. The quantitative estimate of drug-likeness (QED) is 0.700. The molecule has 0 bridgehead atoms. The van der Waals surface area contributed by atoms with Crippen molar-refractivity contribution in [3.05, 3.63) is 29.8 Å². The highest BCUT2D eigenvalue weighted by Gasteiger charge is 2.36. The molecule has 0 aliphatic carbocycles. The third-order valence-electron chi connectivity index (χ3n) is 2.98. The molecule has 0 spiro atoms. The first-order valence-electron chi connectivity index (χ1n) is 5.26. The number of carbonyl (C=O) groups excluding carboxylic acids is 2. The third-order valence-corrected chi connectivity index (χ3v) is 2.98. The number of nitrogens with one attached hydrogen (secondary N) is 1. The second kappa shape index (κ2) is 4.45. The van der Waals surface area contributed by atoms with E-state index in [1.165, 1.54) is 0 Å². The van der Waals surface area contributed by atoms with E-state index in [2.05, 4.69) is 5.32 Å². The first kappa shape index (κ1) is 11.4. The molecule has 5 nitrogen and oxygen atoms in total. The standard InChI is InChI=1S/C12H13NO4/c1-17-8-4-2-7(3-5-8)9-6-13-11(14)10(9)12(15)16/h2-5,9-10H,6H2,1H3,(H,13,14)(H,15,16)/p-1/t9-,10+/m1/s1. The Morgan fingerprint density at radius 1 is 1.41 bits per heavy atom. The van der Waals surface area contributed by atoms with Crippen LogP contribution in [-0.2, 0) is 9.59 Å². The number of ether oxygens (including phenoxy) is 1. The zero-order valence-corrected chi connectivity index (χ0v) is 9.30. The SMILES string of the molecule is COc1ccc([C@H]2CNC(=O)[C@H]2C(=O)[O-])cc1. The summed E-state index contributed by atoms with van der Waals surface area (Å²) in [6.45, 7) is 0.323. The van der Waals surface area contributed by atoms with Crippen LogP contribution in [0.25, 0.3) is 0 Å². The highest BCUT2D eigenvalue weighted by molar-refractivity contribution is 5.99. The van der Waals surface area contributed by atoms with Gasteiger partial charge in [-0.15, -0.1) is 0 Å². The Balaban J connectivity index is 2.26. The monoisotopic (exact) mass is 234 g/mol. The lowest BCUT2D eigenvalue weighted by Gasteiger charge is -2.17. The largest absolute Gasteiger partial charge is 0.549 e. The van der Waals surface area contributed by atoms with Crippen molar-refractivity contribution in [2.24, 2.45) is 5.92 Å². The summed E-state index contributed by atoms with van der Waals surface area (Å²) in [5.74, 6) is -2.61. The molecule has 1 saturated heterocycles. The number of aliphatic carboxylic acids is 1. The first-order valence-corrected chi connectivity index (χ1v) is 5.26. The van der Waals surface area contributed by atoms with Gasteiger partial charge in [-0.05, 0) is 17.7 Å². The molecule has 1 amide bonds. The van der Waals surface area contributed by atoms with E-state index < -0.39 is 17.8 Å². The van der Waals surface area contributed by atoms with Gasteiger partial charge in [0, 0.05) is 12.5 Å². The van der Waals surface area contributed by atoms with Gasteiger partial charge in [0.05, 0.1) is 19.0 Å². The number of hydrogen-bond acceptors (Lipinski definition) is 4. The van der Waals surface area contributed by atoms with Crippen molar-refractivity contribution in [2.45, 2.75) is 5.92 Å². The number of methoxy groups -OCH3 is 1. The summed E-state index contributed by atoms with van der Waals surface area (Å²) in [4.78, 5) is 22.3. The Hall–Kier alpha value is -2.04. The molecule has 1 heterocycles. The van der Waals surface area contributed by atoms with Gasteiger partial charge in [0.2, 0.25) is 5.91 Å². The van der Waals surface area contributed by atoms with E-state index in [1.807, 2.05) is 0 Å². The van der Waals surface area contributed by atoms with Crippen molar-refractivity contribution < 1.29 is 19.4 Å². The van der Waals surface area contributed by atoms with Crippen LogP contribution in [0.3, 0.4) is 0 Å². The predicted molar refractivity (Wildman–Crippen MR) is 57.2 cm³/mol. The molecule has 1 aliphatic rings. The van der Waals surface area contributed by atoms with Gasteiger partial charge in [-0.25, -0.2) is 0 Å². The van der Waals surface area contributed by atoms with Crippen molar-refractivity contribution in [1.29, 1.82) is 0 Å². The van der Waals surface area contributed by atoms with E-state index in [4.69, 9.17) is 4.74 Å². The molecular formula is C12H12NO4-. The summed E-state index contributed by atoms with van der Waals surface area (Å²) in [6.07, 6.45) is 0. The lowest BCUT2D eigenvalue weighted by atomic mass is 9.88. The van der Waals surface area contributed by atoms with E-state index in [0.717, 1.165) is 5.56 Å². The van der Waals surface area contributed by atoms with Crippen LogP contribution in [0.15, 0.2) is 24.3 Å². The lowest BCUT2D eigenvalue weighted by Crippen LogP contribution is -2.38. The van der Waals surface area contributed by atoms with Crippen molar-refractivity contribution in [3.63, 3.8) is 0 Å². The van der Waals surface area contributed by atoms with Gasteiger partial charge in [0.15, 0.2) is 0 Å². The summed E-state index contributed by atoms with van der Waals surface area (Å²) < 4.78 is 5.02. The predicted octanol–water partition coefficient (Wildman–Crippen LogP) is -0.725. The van der Waals surface area contributed by atoms with E-state index in [1.54, 1.807) is 31.4 Å².